The summed E-state index contributed by atoms with van der Waals surface area (Å²) in [5.74, 6) is 1.49. The van der Waals surface area contributed by atoms with Gasteiger partial charge in [0.1, 0.15) is 0 Å². The molecule has 2 heterocycles. The van der Waals surface area contributed by atoms with Crippen molar-refractivity contribution in [3.05, 3.63) is 29.8 Å². The predicted octanol–water partition coefficient (Wildman–Crippen LogP) is 3.05. The van der Waals surface area contributed by atoms with Gasteiger partial charge in [-0.2, -0.15) is 0 Å². The molecule has 1 atom stereocenters. The fraction of sp³-hybridized carbons (Fsp3) is 0.400. The maximum atomic E-state index is 12.1. The van der Waals surface area contributed by atoms with Crippen molar-refractivity contribution in [1.82, 2.24) is 9.88 Å². The van der Waals surface area contributed by atoms with E-state index < -0.39 is 0 Å². The third kappa shape index (κ3) is 2.01. The van der Waals surface area contributed by atoms with Crippen LogP contribution in [-0.2, 0) is 4.74 Å². The Hall–Kier alpha value is -1.46. The summed E-state index contributed by atoms with van der Waals surface area (Å²) in [5, 5.41) is 5.47. The van der Waals surface area contributed by atoms with Gasteiger partial charge >= 0.3 is 6.09 Å². The third-order valence-electron chi connectivity index (χ3n) is 3.79. The highest BCUT2D eigenvalue weighted by molar-refractivity contribution is 7.99. The first-order chi connectivity index (χ1) is 9.77. The summed E-state index contributed by atoms with van der Waals surface area (Å²) in [4.78, 5) is 12.1. The van der Waals surface area contributed by atoms with Crippen LogP contribution in [0.1, 0.15) is 17.9 Å². The quantitative estimate of drug-likeness (QED) is 0.923. The van der Waals surface area contributed by atoms with Gasteiger partial charge in [0.2, 0.25) is 0 Å². The monoisotopic (exact) mass is 290 g/mol. The van der Waals surface area contributed by atoms with Crippen LogP contribution in [0, 0.1) is 0 Å². The number of carbonyl (C=O) groups is 1. The zero-order valence-electron chi connectivity index (χ0n) is 11.7. The maximum Gasteiger partial charge on any atom is 0.419 e. The fourth-order valence-electron chi connectivity index (χ4n) is 2.94. The number of nitrogens with one attached hydrogen (secondary N) is 1. The highest BCUT2D eigenvalue weighted by Crippen LogP contribution is 2.43. The summed E-state index contributed by atoms with van der Waals surface area (Å²) < 4.78 is 6.68. The van der Waals surface area contributed by atoms with E-state index in [1.165, 1.54) is 18.1 Å². The minimum absolute atomic E-state index is 0.306. The van der Waals surface area contributed by atoms with E-state index in [4.69, 9.17) is 4.74 Å². The Morgan fingerprint density at radius 2 is 2.30 bits per heavy atom. The lowest BCUT2D eigenvalue weighted by Gasteiger charge is -2.23. The van der Waals surface area contributed by atoms with Crippen LogP contribution in [0.15, 0.2) is 29.3 Å². The number of rotatable bonds is 2. The standard InChI is InChI=1S/C15H18N2O2S/c1-16-9-10-7-8-20-14-13(10)11-5-3-4-6-12(11)17(14)15(18)19-2/h3-6,10,16H,7-9H2,1-2H3. The molecule has 0 saturated heterocycles. The molecule has 3 rings (SSSR count). The molecule has 0 spiro atoms. The lowest BCUT2D eigenvalue weighted by Crippen LogP contribution is -2.21. The number of para-hydroxylation sites is 1. The molecule has 0 amide bonds. The summed E-state index contributed by atoms with van der Waals surface area (Å²) in [6.45, 7) is 0.933. The van der Waals surface area contributed by atoms with Gasteiger partial charge in [-0.1, -0.05) is 18.2 Å². The molecule has 1 aliphatic rings. The number of thioether (sulfide) groups is 1. The van der Waals surface area contributed by atoms with Crippen molar-refractivity contribution in [3.8, 4) is 0 Å². The Labute approximate surface area is 122 Å². The molecule has 2 aromatic rings. The van der Waals surface area contributed by atoms with Gasteiger partial charge in [-0.15, -0.1) is 11.8 Å². The van der Waals surface area contributed by atoms with Crippen LogP contribution >= 0.6 is 11.8 Å². The number of aromatic nitrogens is 1. The molecule has 0 fully saturated rings. The van der Waals surface area contributed by atoms with E-state index in [0.29, 0.717) is 5.92 Å². The zero-order valence-corrected chi connectivity index (χ0v) is 12.5. The molecule has 0 saturated carbocycles. The molecule has 0 bridgehead atoms. The van der Waals surface area contributed by atoms with Crippen molar-refractivity contribution in [2.75, 3.05) is 26.5 Å². The number of ether oxygens (including phenoxy) is 1. The number of nitrogens with zero attached hydrogens (tertiary/aromatic N) is 1. The highest BCUT2D eigenvalue weighted by Gasteiger charge is 2.29. The van der Waals surface area contributed by atoms with E-state index in [2.05, 4.69) is 11.4 Å². The van der Waals surface area contributed by atoms with E-state index in [9.17, 15) is 4.79 Å². The lowest BCUT2D eigenvalue weighted by atomic mass is 9.95. The molecule has 20 heavy (non-hydrogen) atoms. The molecule has 1 N–H and O–H groups in total. The molecule has 1 aromatic heterocycles. The van der Waals surface area contributed by atoms with Gasteiger partial charge in [-0.05, 0) is 25.1 Å². The van der Waals surface area contributed by atoms with E-state index in [0.717, 1.165) is 29.3 Å². The topological polar surface area (TPSA) is 43.3 Å². The van der Waals surface area contributed by atoms with Crippen LogP contribution in [0.4, 0.5) is 4.79 Å². The van der Waals surface area contributed by atoms with Gasteiger partial charge in [-0.25, -0.2) is 9.36 Å². The van der Waals surface area contributed by atoms with Crippen molar-refractivity contribution in [2.24, 2.45) is 0 Å². The van der Waals surface area contributed by atoms with E-state index >= 15 is 0 Å². The van der Waals surface area contributed by atoms with E-state index in [1.54, 1.807) is 16.3 Å². The Bertz CT molecular complexity index is 651. The Kier molecular flexibility index (Phi) is 3.72. The first-order valence-electron chi connectivity index (χ1n) is 6.77. The summed E-state index contributed by atoms with van der Waals surface area (Å²) >= 11 is 1.75. The molecule has 1 aromatic carbocycles. The summed E-state index contributed by atoms with van der Waals surface area (Å²) in [6.07, 6.45) is 0.827. The molecule has 106 valence electrons. The van der Waals surface area contributed by atoms with Gasteiger partial charge in [0.15, 0.2) is 0 Å². The van der Waals surface area contributed by atoms with Gasteiger partial charge in [0, 0.05) is 23.6 Å². The Morgan fingerprint density at radius 3 is 3.05 bits per heavy atom. The zero-order chi connectivity index (χ0) is 14.1. The van der Waals surface area contributed by atoms with E-state index in [-0.39, 0.29) is 6.09 Å². The summed E-state index contributed by atoms with van der Waals surface area (Å²) in [5.41, 5.74) is 2.23. The first kappa shape index (κ1) is 13.5. The average Bonchev–Trinajstić information content (AvgIpc) is 2.82. The van der Waals surface area contributed by atoms with Crippen LogP contribution < -0.4 is 5.32 Å². The number of methoxy groups -OCH3 is 1. The van der Waals surface area contributed by atoms with Crippen LogP contribution in [0.2, 0.25) is 0 Å². The van der Waals surface area contributed by atoms with Crippen molar-refractivity contribution in [2.45, 2.75) is 17.4 Å². The molecule has 1 aliphatic heterocycles. The second kappa shape index (κ2) is 5.50. The second-order valence-corrected chi connectivity index (χ2v) is 6.02. The van der Waals surface area contributed by atoms with Crippen molar-refractivity contribution in [3.63, 3.8) is 0 Å². The SMILES string of the molecule is CNCC1CCSc2c1c1ccccc1n2C(=O)OC. The highest BCUT2D eigenvalue weighted by atomic mass is 32.2. The smallest absolute Gasteiger partial charge is 0.419 e. The van der Waals surface area contributed by atoms with Crippen LogP contribution in [-0.4, -0.2) is 37.1 Å². The van der Waals surface area contributed by atoms with Gasteiger partial charge in [0.05, 0.1) is 17.7 Å². The van der Waals surface area contributed by atoms with Crippen molar-refractivity contribution >= 4 is 28.8 Å². The Balaban J connectivity index is 2.27. The minimum Gasteiger partial charge on any atom is -0.452 e. The molecule has 0 aliphatic carbocycles. The van der Waals surface area contributed by atoms with Gasteiger partial charge < -0.3 is 10.1 Å². The largest absolute Gasteiger partial charge is 0.452 e. The predicted molar refractivity (Wildman–Crippen MR) is 81.7 cm³/mol. The van der Waals surface area contributed by atoms with Crippen LogP contribution in [0.25, 0.3) is 10.9 Å². The van der Waals surface area contributed by atoms with Gasteiger partial charge in [0.25, 0.3) is 0 Å². The summed E-state index contributed by atoms with van der Waals surface area (Å²) in [7, 11) is 3.41. The van der Waals surface area contributed by atoms with Crippen LogP contribution in [0.5, 0.6) is 0 Å². The molecule has 4 nitrogen and oxygen atoms in total. The van der Waals surface area contributed by atoms with E-state index in [1.807, 2.05) is 25.2 Å². The van der Waals surface area contributed by atoms with Crippen LogP contribution in [0.3, 0.4) is 0 Å². The normalized spacial score (nSPS) is 18.0. The molecule has 5 heteroatoms. The average molecular weight is 290 g/mol. The number of carbonyl (C=O) groups excluding carboxylic acids is 1. The third-order valence-corrected chi connectivity index (χ3v) is 4.91. The molecule has 1 unspecified atom stereocenters. The number of hydrogen-bond donors (Lipinski definition) is 1. The minimum atomic E-state index is -0.306. The molecule has 0 radical (unpaired) electrons. The fourth-order valence-corrected chi connectivity index (χ4v) is 4.27. The number of hydrogen-bond acceptors (Lipinski definition) is 4. The molecular weight excluding hydrogens is 272 g/mol. The number of benzene rings is 1. The molecular formula is C15H18N2O2S. The van der Waals surface area contributed by atoms with Crippen molar-refractivity contribution in [1.29, 1.82) is 0 Å². The number of fused-ring (bicyclic) bond motifs is 3. The lowest BCUT2D eigenvalue weighted by molar-refractivity contribution is 0.172. The second-order valence-electron chi connectivity index (χ2n) is 4.93. The maximum absolute atomic E-state index is 12.1. The first-order valence-corrected chi connectivity index (χ1v) is 7.75. The number of likely N-dealkylation sites (N-methyl/N-ethyl adjacent to an activating group) is 1. The Morgan fingerprint density at radius 1 is 1.50 bits per heavy atom. The van der Waals surface area contributed by atoms with Gasteiger partial charge in [-0.3, -0.25) is 0 Å². The summed E-state index contributed by atoms with van der Waals surface area (Å²) in [6, 6.07) is 8.08. The van der Waals surface area contributed by atoms with Crippen molar-refractivity contribution < 1.29 is 9.53 Å².